The molecular formula is C53H91NO13. The van der Waals surface area contributed by atoms with Gasteiger partial charge in [-0.05, 0) is 44.9 Å². The molecule has 0 aromatic carbocycles. The molecular weight excluding hydrogens is 859 g/mol. The van der Waals surface area contributed by atoms with Gasteiger partial charge in [0, 0.05) is 6.42 Å². The van der Waals surface area contributed by atoms with Gasteiger partial charge in [0.05, 0.1) is 32.0 Å². The molecule has 12 atom stereocenters. The monoisotopic (exact) mass is 950 g/mol. The maximum atomic E-state index is 13.1. The van der Waals surface area contributed by atoms with Crippen LogP contribution in [0.25, 0.3) is 0 Å². The molecule has 9 N–H and O–H groups in total. The van der Waals surface area contributed by atoms with Crippen molar-refractivity contribution in [1.82, 2.24) is 5.32 Å². The standard InChI is InChI=1S/C53H91NO13/c1-3-5-7-9-11-13-15-17-19-20-21-23-24-26-28-30-32-34-36-42(57)41(54-45(58)37-35-33-31-29-27-25-22-18-16-14-12-10-8-6-4-2)40-64-52-50(63)48(61)51(44(39-56)66-52)67-53-49(62)47(60)46(59)43(38-55)65-53/h6,8,12,14,18,22,27,29,33-36,41-44,46-53,55-57,59-63H,3-5,7,9-11,13,15-17,19-21,23-26,28,30-32,37-40H2,1-2H3,(H,54,58)/b8-6-,14-12-,22-18-,29-27-,35-33-,36-34+. The van der Waals surface area contributed by atoms with Crippen LogP contribution in [0.1, 0.15) is 162 Å². The summed E-state index contributed by atoms with van der Waals surface area (Å²) in [5, 5.41) is 86.6. The predicted molar refractivity (Wildman–Crippen MR) is 263 cm³/mol. The highest BCUT2D eigenvalue weighted by molar-refractivity contribution is 5.77. The molecule has 2 fully saturated rings. The zero-order valence-corrected chi connectivity index (χ0v) is 40.9. The Morgan fingerprint density at radius 1 is 0.552 bits per heavy atom. The summed E-state index contributed by atoms with van der Waals surface area (Å²) in [6.45, 7) is 2.59. The zero-order valence-electron chi connectivity index (χ0n) is 40.9. The Morgan fingerprint density at radius 2 is 1.01 bits per heavy atom. The molecule has 0 aromatic heterocycles. The molecule has 14 nitrogen and oxygen atoms in total. The van der Waals surface area contributed by atoms with E-state index < -0.39 is 86.8 Å². The third-order valence-electron chi connectivity index (χ3n) is 12.2. The maximum absolute atomic E-state index is 13.1. The average molecular weight is 950 g/mol. The van der Waals surface area contributed by atoms with E-state index >= 15 is 0 Å². The van der Waals surface area contributed by atoms with Crippen LogP contribution in [0.2, 0.25) is 0 Å². The lowest BCUT2D eigenvalue weighted by Crippen LogP contribution is -2.65. The highest BCUT2D eigenvalue weighted by Gasteiger charge is 2.51. The van der Waals surface area contributed by atoms with Crippen LogP contribution in [0, 0.1) is 0 Å². The van der Waals surface area contributed by atoms with Gasteiger partial charge in [0.15, 0.2) is 12.6 Å². The Kier molecular flexibility index (Phi) is 35.4. The smallest absolute Gasteiger partial charge is 0.224 e. The molecule has 0 aromatic rings. The van der Waals surface area contributed by atoms with E-state index in [0.717, 1.165) is 51.4 Å². The molecule has 386 valence electrons. The van der Waals surface area contributed by atoms with Gasteiger partial charge in [-0.2, -0.15) is 0 Å². The van der Waals surface area contributed by atoms with Crippen molar-refractivity contribution in [1.29, 1.82) is 0 Å². The SMILES string of the molecule is CC/C=C\C/C=C\C/C=C\C/C=C\C/C=C\CC(=O)NC(COC1OC(CO)C(OC2OC(CO)C(O)C(O)C2O)C(O)C1O)C(O)/C=C/CCCCCCCCCCCCCCCCCC. The number of nitrogens with one attached hydrogen (secondary N) is 1. The number of carbonyl (C=O) groups is 1. The van der Waals surface area contributed by atoms with E-state index in [4.69, 9.17) is 18.9 Å². The van der Waals surface area contributed by atoms with Crippen LogP contribution >= 0.6 is 0 Å². The summed E-state index contributed by atoms with van der Waals surface area (Å²) >= 11 is 0. The summed E-state index contributed by atoms with van der Waals surface area (Å²) in [4.78, 5) is 13.1. The number of carbonyl (C=O) groups excluding carboxylic acids is 1. The molecule has 2 rings (SSSR count). The summed E-state index contributed by atoms with van der Waals surface area (Å²) in [6, 6.07) is -0.971. The van der Waals surface area contributed by atoms with E-state index in [1.807, 2.05) is 18.2 Å². The normalized spacial score (nSPS) is 27.2. The van der Waals surface area contributed by atoms with Crippen molar-refractivity contribution in [3.63, 3.8) is 0 Å². The summed E-state index contributed by atoms with van der Waals surface area (Å²) in [5.74, 6) is -0.369. The first-order valence-electron chi connectivity index (χ1n) is 25.7. The van der Waals surface area contributed by atoms with Gasteiger partial charge in [0.1, 0.15) is 48.8 Å². The molecule has 2 aliphatic rings. The average Bonchev–Trinajstić information content (AvgIpc) is 3.32. The molecule has 67 heavy (non-hydrogen) atoms. The molecule has 2 aliphatic heterocycles. The van der Waals surface area contributed by atoms with Gasteiger partial charge < -0.3 is 65.1 Å². The van der Waals surface area contributed by atoms with Crippen molar-refractivity contribution in [2.75, 3.05) is 19.8 Å². The van der Waals surface area contributed by atoms with Crippen molar-refractivity contribution >= 4 is 5.91 Å². The van der Waals surface area contributed by atoms with Crippen LogP contribution in [0.4, 0.5) is 0 Å². The lowest BCUT2D eigenvalue weighted by Gasteiger charge is -2.46. The molecule has 0 radical (unpaired) electrons. The number of hydrogen-bond donors (Lipinski definition) is 9. The highest BCUT2D eigenvalue weighted by atomic mass is 16.7. The molecule has 0 bridgehead atoms. The van der Waals surface area contributed by atoms with Crippen molar-refractivity contribution in [3.05, 3.63) is 72.9 Å². The van der Waals surface area contributed by atoms with E-state index in [1.165, 1.54) is 83.5 Å². The van der Waals surface area contributed by atoms with Crippen molar-refractivity contribution in [2.24, 2.45) is 0 Å². The van der Waals surface area contributed by atoms with E-state index in [0.29, 0.717) is 6.42 Å². The number of hydrogen-bond acceptors (Lipinski definition) is 13. The van der Waals surface area contributed by atoms with Gasteiger partial charge in [0.2, 0.25) is 5.91 Å². The minimum absolute atomic E-state index is 0.0461. The molecule has 2 saturated heterocycles. The minimum atomic E-state index is -1.80. The first-order valence-corrected chi connectivity index (χ1v) is 25.7. The van der Waals surface area contributed by atoms with E-state index in [1.54, 1.807) is 12.2 Å². The molecule has 0 saturated carbocycles. The summed E-state index contributed by atoms with van der Waals surface area (Å²) in [7, 11) is 0. The fraction of sp³-hybridized carbons (Fsp3) is 0.755. The fourth-order valence-electron chi connectivity index (χ4n) is 8.00. The number of unbranched alkanes of at least 4 members (excludes halogenated alkanes) is 16. The number of aliphatic hydroxyl groups excluding tert-OH is 8. The zero-order chi connectivity index (χ0) is 48.9. The van der Waals surface area contributed by atoms with Gasteiger partial charge in [0.25, 0.3) is 0 Å². The lowest BCUT2D eigenvalue weighted by molar-refractivity contribution is -0.359. The van der Waals surface area contributed by atoms with Crippen LogP contribution in [0.3, 0.4) is 0 Å². The van der Waals surface area contributed by atoms with Gasteiger partial charge in [-0.25, -0.2) is 0 Å². The van der Waals surface area contributed by atoms with Crippen LogP contribution < -0.4 is 5.32 Å². The first kappa shape index (κ1) is 60.6. The summed E-state index contributed by atoms with van der Waals surface area (Å²) in [6.07, 6.45) is 32.5. The first-order chi connectivity index (χ1) is 32.6. The quantitative estimate of drug-likeness (QED) is 0.0229. The molecule has 12 unspecified atom stereocenters. The molecule has 0 aliphatic carbocycles. The topological polar surface area (TPSA) is 228 Å². The van der Waals surface area contributed by atoms with Crippen LogP contribution in [0.5, 0.6) is 0 Å². The summed E-state index contributed by atoms with van der Waals surface area (Å²) < 4.78 is 22.6. The number of ether oxygens (including phenoxy) is 4. The van der Waals surface area contributed by atoms with E-state index in [2.05, 4.69) is 61.7 Å². The van der Waals surface area contributed by atoms with Gasteiger partial charge >= 0.3 is 0 Å². The molecule has 0 spiro atoms. The van der Waals surface area contributed by atoms with Gasteiger partial charge in [-0.15, -0.1) is 0 Å². The maximum Gasteiger partial charge on any atom is 0.224 e. The molecule has 1 amide bonds. The largest absolute Gasteiger partial charge is 0.394 e. The Morgan fingerprint density at radius 3 is 1.52 bits per heavy atom. The van der Waals surface area contributed by atoms with Crippen molar-refractivity contribution < 1.29 is 64.6 Å². The second-order valence-corrected chi connectivity index (χ2v) is 17.9. The van der Waals surface area contributed by atoms with Crippen LogP contribution in [0.15, 0.2) is 72.9 Å². The Labute approximate surface area is 402 Å². The minimum Gasteiger partial charge on any atom is -0.394 e. The van der Waals surface area contributed by atoms with E-state index in [9.17, 15) is 45.6 Å². The van der Waals surface area contributed by atoms with Crippen molar-refractivity contribution in [2.45, 2.75) is 235 Å². The molecule has 14 heteroatoms. The third kappa shape index (κ3) is 26.3. The second kappa shape index (κ2) is 39.2. The molecule has 2 heterocycles. The van der Waals surface area contributed by atoms with Crippen LogP contribution in [-0.4, -0.2) is 140 Å². The number of aliphatic hydroxyl groups is 8. The fourth-order valence-corrected chi connectivity index (χ4v) is 8.00. The Bertz CT molecular complexity index is 1400. The summed E-state index contributed by atoms with van der Waals surface area (Å²) in [5.41, 5.74) is 0. The van der Waals surface area contributed by atoms with Gasteiger partial charge in [-0.3, -0.25) is 4.79 Å². The predicted octanol–water partition coefficient (Wildman–Crippen LogP) is 6.82. The van der Waals surface area contributed by atoms with Gasteiger partial charge in [-0.1, -0.05) is 183 Å². The highest BCUT2D eigenvalue weighted by Crippen LogP contribution is 2.30. The lowest BCUT2D eigenvalue weighted by atomic mass is 9.97. The number of allylic oxidation sites excluding steroid dienone is 10. The number of rotatable bonds is 38. The number of amides is 1. The van der Waals surface area contributed by atoms with E-state index in [-0.39, 0.29) is 18.9 Å². The third-order valence-corrected chi connectivity index (χ3v) is 12.2. The van der Waals surface area contributed by atoms with Crippen molar-refractivity contribution in [3.8, 4) is 0 Å². The Balaban J connectivity index is 1.89. The van der Waals surface area contributed by atoms with Crippen LogP contribution in [-0.2, 0) is 23.7 Å². The second-order valence-electron chi connectivity index (χ2n) is 17.9. The Hall–Kier alpha value is -2.57.